The van der Waals surface area contributed by atoms with Crippen LogP contribution in [0.15, 0.2) is 97.2 Å². The number of rotatable bonds is 13. The van der Waals surface area contributed by atoms with Gasteiger partial charge >= 0.3 is 0 Å². The summed E-state index contributed by atoms with van der Waals surface area (Å²) in [5, 5.41) is 0.704. The standard InChI is InChI=1S/C36H44ClN3O3/c1-4-22-38(3)29(2)27-40(23-19-30-15-17-32(37)18-16-30)35(42)36(26-31-11-7-5-8-12-31)20-24-39(25-21-36)34(41)28-43-33-13-9-6-10-14-33/h4-18,22,29H,19-21,23-28H2,1-3H3/b22-4-. The molecule has 1 aliphatic rings. The number of para-hydroxylation sites is 1. The third-order valence-corrected chi connectivity index (χ3v) is 8.70. The van der Waals surface area contributed by atoms with E-state index < -0.39 is 5.41 Å². The highest BCUT2D eigenvalue weighted by atomic mass is 35.5. The summed E-state index contributed by atoms with van der Waals surface area (Å²) in [6.45, 7) is 6.41. The minimum Gasteiger partial charge on any atom is -0.484 e. The Balaban J connectivity index is 1.53. The fraction of sp³-hybridized carbons (Fsp3) is 0.389. The minimum absolute atomic E-state index is 0.00828. The summed E-state index contributed by atoms with van der Waals surface area (Å²) >= 11 is 6.13. The molecule has 0 radical (unpaired) electrons. The number of allylic oxidation sites excluding steroid dienone is 1. The molecular weight excluding hydrogens is 558 g/mol. The number of nitrogens with zero attached hydrogens (tertiary/aromatic N) is 3. The Labute approximate surface area is 261 Å². The number of likely N-dealkylation sites (tertiary alicyclic amines) is 1. The average Bonchev–Trinajstić information content (AvgIpc) is 3.03. The van der Waals surface area contributed by atoms with Gasteiger partial charge in [-0.05, 0) is 81.1 Å². The Kier molecular flexibility index (Phi) is 11.7. The highest BCUT2D eigenvalue weighted by Gasteiger charge is 2.44. The molecule has 1 fully saturated rings. The van der Waals surface area contributed by atoms with Crippen LogP contribution in [-0.2, 0) is 22.4 Å². The number of amides is 2. The van der Waals surface area contributed by atoms with Crippen LogP contribution >= 0.6 is 11.6 Å². The summed E-state index contributed by atoms with van der Waals surface area (Å²) in [6.07, 6.45) is 6.66. The lowest BCUT2D eigenvalue weighted by atomic mass is 9.72. The van der Waals surface area contributed by atoms with Gasteiger partial charge in [0.1, 0.15) is 5.75 Å². The molecule has 1 atom stereocenters. The van der Waals surface area contributed by atoms with Crippen molar-refractivity contribution >= 4 is 23.4 Å². The van der Waals surface area contributed by atoms with E-state index in [1.54, 1.807) is 0 Å². The van der Waals surface area contributed by atoms with Gasteiger partial charge in [-0.3, -0.25) is 9.59 Å². The molecule has 1 saturated heterocycles. The van der Waals surface area contributed by atoms with Gasteiger partial charge in [-0.1, -0.05) is 78.3 Å². The second-order valence-electron chi connectivity index (χ2n) is 11.5. The van der Waals surface area contributed by atoms with Crippen molar-refractivity contribution in [2.45, 2.75) is 45.6 Å². The van der Waals surface area contributed by atoms with Crippen molar-refractivity contribution in [1.29, 1.82) is 0 Å². The zero-order valence-electron chi connectivity index (χ0n) is 25.6. The molecule has 3 aromatic carbocycles. The topological polar surface area (TPSA) is 53.1 Å². The van der Waals surface area contributed by atoms with Gasteiger partial charge in [-0.15, -0.1) is 0 Å². The van der Waals surface area contributed by atoms with Crippen LogP contribution in [-0.4, -0.2) is 72.4 Å². The molecule has 0 saturated carbocycles. The normalized spacial score (nSPS) is 15.2. The molecule has 0 aromatic heterocycles. The summed E-state index contributed by atoms with van der Waals surface area (Å²) in [6, 6.07) is 27.6. The van der Waals surface area contributed by atoms with E-state index in [4.69, 9.17) is 16.3 Å². The Morgan fingerprint density at radius 3 is 2.21 bits per heavy atom. The number of carbonyl (C=O) groups excluding carboxylic acids is 2. The molecular formula is C36H44ClN3O3. The van der Waals surface area contributed by atoms with Crippen molar-refractivity contribution in [2.24, 2.45) is 5.41 Å². The van der Waals surface area contributed by atoms with Crippen molar-refractivity contribution in [3.8, 4) is 5.75 Å². The van der Waals surface area contributed by atoms with Gasteiger partial charge in [-0.2, -0.15) is 0 Å². The maximum Gasteiger partial charge on any atom is 0.260 e. The van der Waals surface area contributed by atoms with E-state index in [2.05, 4.69) is 28.9 Å². The minimum atomic E-state index is -0.600. The first-order valence-electron chi connectivity index (χ1n) is 15.2. The summed E-state index contributed by atoms with van der Waals surface area (Å²) in [7, 11) is 2.05. The molecule has 2 amide bonds. The number of ether oxygens (including phenoxy) is 1. The molecule has 1 unspecified atom stereocenters. The molecule has 4 rings (SSSR count). The first-order valence-corrected chi connectivity index (χ1v) is 15.6. The van der Waals surface area contributed by atoms with Crippen LogP contribution in [0.5, 0.6) is 5.75 Å². The fourth-order valence-electron chi connectivity index (χ4n) is 5.75. The molecule has 1 heterocycles. The zero-order chi connectivity index (χ0) is 30.7. The van der Waals surface area contributed by atoms with Gasteiger partial charge in [0.15, 0.2) is 6.61 Å². The number of hydrogen-bond acceptors (Lipinski definition) is 4. The summed E-state index contributed by atoms with van der Waals surface area (Å²) in [5.41, 5.74) is 1.68. The second kappa shape index (κ2) is 15.6. The number of halogens is 1. The van der Waals surface area contributed by atoms with Crippen molar-refractivity contribution in [2.75, 3.05) is 39.8 Å². The second-order valence-corrected chi connectivity index (χ2v) is 12.0. The monoisotopic (exact) mass is 601 g/mol. The number of carbonyl (C=O) groups is 2. The van der Waals surface area contributed by atoms with Crippen LogP contribution in [0.2, 0.25) is 5.02 Å². The molecule has 0 spiro atoms. The van der Waals surface area contributed by atoms with Crippen LogP contribution in [0, 0.1) is 5.41 Å². The number of likely N-dealkylation sites (N-methyl/N-ethyl adjacent to an activating group) is 1. The predicted octanol–water partition coefficient (Wildman–Crippen LogP) is 6.50. The van der Waals surface area contributed by atoms with Crippen LogP contribution in [0.3, 0.4) is 0 Å². The lowest BCUT2D eigenvalue weighted by molar-refractivity contribution is -0.149. The Bertz CT molecular complexity index is 1320. The van der Waals surface area contributed by atoms with Crippen molar-refractivity contribution in [1.82, 2.24) is 14.7 Å². The highest BCUT2D eigenvalue weighted by Crippen LogP contribution is 2.38. The molecule has 43 heavy (non-hydrogen) atoms. The third kappa shape index (κ3) is 9.11. The van der Waals surface area contributed by atoms with Gasteiger partial charge in [0.05, 0.1) is 5.41 Å². The molecule has 0 aliphatic carbocycles. The van der Waals surface area contributed by atoms with Gasteiger partial charge in [0.25, 0.3) is 5.91 Å². The van der Waals surface area contributed by atoms with Crippen LogP contribution in [0.25, 0.3) is 0 Å². The number of benzene rings is 3. The summed E-state index contributed by atoms with van der Waals surface area (Å²) in [4.78, 5) is 33.9. The maximum absolute atomic E-state index is 14.7. The Morgan fingerprint density at radius 1 is 0.953 bits per heavy atom. The first kappa shape index (κ1) is 32.2. The van der Waals surface area contributed by atoms with Crippen LogP contribution in [0.1, 0.15) is 37.8 Å². The molecule has 0 bridgehead atoms. The molecule has 3 aromatic rings. The molecule has 6 nitrogen and oxygen atoms in total. The number of piperidine rings is 1. The zero-order valence-corrected chi connectivity index (χ0v) is 26.4. The van der Waals surface area contributed by atoms with E-state index in [-0.39, 0.29) is 24.5 Å². The SMILES string of the molecule is C/C=C\N(C)C(C)CN(CCc1ccc(Cl)cc1)C(=O)C1(Cc2ccccc2)CCN(C(=O)COc2ccccc2)CC1. The summed E-state index contributed by atoms with van der Waals surface area (Å²) in [5.74, 6) is 0.791. The van der Waals surface area contributed by atoms with E-state index in [9.17, 15) is 9.59 Å². The first-order chi connectivity index (χ1) is 20.8. The van der Waals surface area contributed by atoms with Gasteiger partial charge in [-0.25, -0.2) is 0 Å². The van der Waals surface area contributed by atoms with Crippen molar-refractivity contribution in [3.05, 3.63) is 113 Å². The Hall–Kier alpha value is -3.77. The van der Waals surface area contributed by atoms with E-state index in [0.717, 1.165) is 17.5 Å². The van der Waals surface area contributed by atoms with E-state index in [1.807, 2.05) is 104 Å². The lowest BCUT2D eigenvalue weighted by Crippen LogP contribution is -2.55. The van der Waals surface area contributed by atoms with Crippen molar-refractivity contribution < 1.29 is 14.3 Å². The molecule has 0 N–H and O–H groups in total. The predicted molar refractivity (Wildman–Crippen MR) is 174 cm³/mol. The van der Waals surface area contributed by atoms with Gasteiger partial charge in [0.2, 0.25) is 5.91 Å². The maximum atomic E-state index is 14.7. The van der Waals surface area contributed by atoms with E-state index >= 15 is 0 Å². The van der Waals surface area contributed by atoms with Crippen LogP contribution in [0.4, 0.5) is 0 Å². The third-order valence-electron chi connectivity index (χ3n) is 8.45. The molecule has 228 valence electrons. The van der Waals surface area contributed by atoms with E-state index in [1.165, 1.54) is 0 Å². The number of hydrogen-bond donors (Lipinski definition) is 0. The molecule has 7 heteroatoms. The van der Waals surface area contributed by atoms with E-state index in [0.29, 0.717) is 56.2 Å². The van der Waals surface area contributed by atoms with Gasteiger partial charge in [0, 0.05) is 44.3 Å². The lowest BCUT2D eigenvalue weighted by Gasteiger charge is -2.44. The highest BCUT2D eigenvalue weighted by molar-refractivity contribution is 6.30. The summed E-state index contributed by atoms with van der Waals surface area (Å²) < 4.78 is 5.74. The van der Waals surface area contributed by atoms with Crippen molar-refractivity contribution in [3.63, 3.8) is 0 Å². The molecule has 1 aliphatic heterocycles. The smallest absolute Gasteiger partial charge is 0.260 e. The fourth-order valence-corrected chi connectivity index (χ4v) is 5.87. The Morgan fingerprint density at radius 2 is 1.58 bits per heavy atom. The van der Waals surface area contributed by atoms with Gasteiger partial charge < -0.3 is 19.4 Å². The quantitative estimate of drug-likeness (QED) is 0.225. The van der Waals surface area contributed by atoms with Crippen LogP contribution < -0.4 is 4.74 Å². The average molecular weight is 602 g/mol. The largest absolute Gasteiger partial charge is 0.484 e.